The third-order valence-corrected chi connectivity index (χ3v) is 6.41. The first-order valence-corrected chi connectivity index (χ1v) is 12.3. The molecule has 1 rings (SSSR count). The van der Waals surface area contributed by atoms with Gasteiger partial charge in [-0.3, -0.25) is 4.99 Å². The van der Waals surface area contributed by atoms with Crippen LogP contribution >= 0.6 is 0 Å². The number of allylic oxidation sites excluding steroid dienone is 2. The molecule has 2 N–H and O–H groups in total. The normalized spacial score (nSPS) is 15.1. The highest BCUT2D eigenvalue weighted by molar-refractivity contribution is 5.66. The van der Waals surface area contributed by atoms with E-state index in [0.29, 0.717) is 18.0 Å². The Hall–Kier alpha value is -2.21. The number of hydrogen-bond acceptors (Lipinski definition) is 5. The zero-order valence-corrected chi connectivity index (χ0v) is 21.6. The van der Waals surface area contributed by atoms with Crippen molar-refractivity contribution in [3.8, 4) is 0 Å². The maximum Gasteiger partial charge on any atom is 0.149 e. The molecule has 0 aliphatic carbocycles. The van der Waals surface area contributed by atoms with Crippen molar-refractivity contribution in [3.05, 3.63) is 41.6 Å². The Balaban J connectivity index is 2.91. The third-order valence-electron chi connectivity index (χ3n) is 6.41. The molecular formula is C27H45FN4O. The lowest BCUT2D eigenvalue weighted by molar-refractivity contribution is 0.141. The van der Waals surface area contributed by atoms with Crippen molar-refractivity contribution in [2.45, 2.75) is 85.6 Å². The number of nitrogens with zero attached hydrogens (tertiary/aromatic N) is 2. The van der Waals surface area contributed by atoms with E-state index in [0.717, 1.165) is 62.3 Å². The molecular weight excluding hydrogens is 415 g/mol. The fourth-order valence-electron chi connectivity index (χ4n) is 3.58. The van der Waals surface area contributed by atoms with Crippen molar-refractivity contribution in [1.29, 1.82) is 0 Å². The molecule has 0 aliphatic rings. The average Bonchev–Trinajstić information content (AvgIpc) is 2.82. The standard InChI is InChI=1S/C27H45FN4O/c1-8-11-12-22(9-2)32-26-17-24(25(28)19-30-26)21(4)13-14-23(18-29-6)31-20-27(5,10-3)15-16-33-7/h13,17-19,22,31H,6,8-12,14-16,20H2,1-5,7H3,(H,30,32)/b21-13?,23-18+. The molecule has 0 bridgehead atoms. The summed E-state index contributed by atoms with van der Waals surface area (Å²) in [6.07, 6.45) is 12.1. The minimum absolute atomic E-state index is 0.125. The van der Waals surface area contributed by atoms with E-state index in [1.165, 1.54) is 12.6 Å². The topological polar surface area (TPSA) is 58.5 Å². The SMILES string of the molecule is C=N/C=C(\CC=C(C)c1cc(NC(CC)CCCC)ncc1F)NCC(C)(CC)CCOC. The molecule has 2 atom stereocenters. The summed E-state index contributed by atoms with van der Waals surface area (Å²) in [6.45, 7) is 15.9. The Morgan fingerprint density at radius 2 is 2.12 bits per heavy atom. The molecule has 186 valence electrons. The van der Waals surface area contributed by atoms with Gasteiger partial charge in [0.15, 0.2) is 0 Å². The van der Waals surface area contributed by atoms with Crippen LogP contribution < -0.4 is 10.6 Å². The zero-order valence-electron chi connectivity index (χ0n) is 21.6. The van der Waals surface area contributed by atoms with E-state index in [1.807, 2.05) is 19.1 Å². The van der Waals surface area contributed by atoms with Gasteiger partial charge in [0.2, 0.25) is 0 Å². The summed E-state index contributed by atoms with van der Waals surface area (Å²) in [4.78, 5) is 8.21. The van der Waals surface area contributed by atoms with Crippen LogP contribution in [0.2, 0.25) is 0 Å². The van der Waals surface area contributed by atoms with Crippen LogP contribution in [0.15, 0.2) is 35.2 Å². The van der Waals surface area contributed by atoms with Crippen LogP contribution in [-0.4, -0.2) is 38.0 Å². The molecule has 2 unspecified atom stereocenters. The van der Waals surface area contributed by atoms with Gasteiger partial charge in [-0.25, -0.2) is 9.37 Å². The lowest BCUT2D eigenvalue weighted by Gasteiger charge is -2.29. The lowest BCUT2D eigenvalue weighted by Crippen LogP contribution is -2.32. The molecule has 1 aromatic rings. The average molecular weight is 461 g/mol. The fraction of sp³-hybridized carbons (Fsp3) is 0.630. The number of hydrogen-bond donors (Lipinski definition) is 2. The Morgan fingerprint density at radius 1 is 1.36 bits per heavy atom. The minimum atomic E-state index is -0.311. The largest absolute Gasteiger partial charge is 0.386 e. The van der Waals surface area contributed by atoms with Crippen molar-refractivity contribution < 1.29 is 9.13 Å². The molecule has 0 aliphatic heterocycles. The van der Waals surface area contributed by atoms with Gasteiger partial charge in [0.1, 0.15) is 11.6 Å². The van der Waals surface area contributed by atoms with Crippen LogP contribution in [0, 0.1) is 11.2 Å². The summed E-state index contributed by atoms with van der Waals surface area (Å²) in [7, 11) is 1.73. The number of anilines is 1. The molecule has 5 nitrogen and oxygen atoms in total. The first-order chi connectivity index (χ1) is 15.8. The highest BCUT2D eigenvalue weighted by Gasteiger charge is 2.21. The summed E-state index contributed by atoms with van der Waals surface area (Å²) in [5, 5.41) is 6.98. The molecule has 0 radical (unpaired) electrons. The molecule has 0 spiro atoms. The van der Waals surface area contributed by atoms with Crippen LogP contribution in [0.5, 0.6) is 0 Å². The number of pyridine rings is 1. The van der Waals surface area contributed by atoms with Crippen molar-refractivity contribution in [2.24, 2.45) is 10.4 Å². The second kappa shape index (κ2) is 15.6. The summed E-state index contributed by atoms with van der Waals surface area (Å²) < 4.78 is 19.8. The smallest absolute Gasteiger partial charge is 0.149 e. The Kier molecular flexibility index (Phi) is 13.6. The third kappa shape index (κ3) is 10.5. The minimum Gasteiger partial charge on any atom is -0.386 e. The van der Waals surface area contributed by atoms with E-state index in [2.05, 4.69) is 55.0 Å². The van der Waals surface area contributed by atoms with Gasteiger partial charge >= 0.3 is 0 Å². The predicted octanol–water partition coefficient (Wildman–Crippen LogP) is 6.98. The van der Waals surface area contributed by atoms with E-state index >= 15 is 0 Å². The summed E-state index contributed by atoms with van der Waals surface area (Å²) in [6, 6.07) is 2.17. The number of rotatable bonds is 17. The van der Waals surface area contributed by atoms with Crippen molar-refractivity contribution >= 4 is 18.1 Å². The van der Waals surface area contributed by atoms with E-state index in [4.69, 9.17) is 4.74 Å². The van der Waals surface area contributed by atoms with Gasteiger partial charge < -0.3 is 15.4 Å². The predicted molar refractivity (Wildman–Crippen MR) is 140 cm³/mol. The number of nitrogens with one attached hydrogen (secondary N) is 2. The number of aliphatic imine (C=N–C) groups is 1. The summed E-state index contributed by atoms with van der Waals surface area (Å²) >= 11 is 0. The Morgan fingerprint density at radius 3 is 2.73 bits per heavy atom. The van der Waals surface area contributed by atoms with Gasteiger partial charge in [-0.1, -0.05) is 46.6 Å². The Bertz CT molecular complexity index is 777. The fourth-order valence-corrected chi connectivity index (χ4v) is 3.58. The second-order valence-electron chi connectivity index (χ2n) is 9.13. The van der Waals surface area contributed by atoms with E-state index < -0.39 is 0 Å². The second-order valence-corrected chi connectivity index (χ2v) is 9.13. The van der Waals surface area contributed by atoms with Gasteiger partial charge in [0, 0.05) is 50.2 Å². The van der Waals surface area contributed by atoms with E-state index in [9.17, 15) is 4.39 Å². The summed E-state index contributed by atoms with van der Waals surface area (Å²) in [5.41, 5.74) is 2.52. The van der Waals surface area contributed by atoms with Crippen LogP contribution in [-0.2, 0) is 4.74 Å². The van der Waals surface area contributed by atoms with Gasteiger partial charge in [0.05, 0.1) is 6.20 Å². The van der Waals surface area contributed by atoms with Crippen molar-refractivity contribution in [2.75, 3.05) is 25.6 Å². The monoisotopic (exact) mass is 460 g/mol. The molecule has 1 aromatic heterocycles. The zero-order chi connectivity index (χ0) is 24.7. The highest BCUT2D eigenvalue weighted by atomic mass is 19.1. The number of aromatic nitrogens is 1. The quantitative estimate of drug-likeness (QED) is 0.246. The van der Waals surface area contributed by atoms with Gasteiger partial charge in [0.25, 0.3) is 0 Å². The first-order valence-electron chi connectivity index (χ1n) is 12.3. The molecule has 33 heavy (non-hydrogen) atoms. The highest BCUT2D eigenvalue weighted by Crippen LogP contribution is 2.26. The number of methoxy groups -OCH3 is 1. The number of ether oxygens (including phenoxy) is 1. The lowest BCUT2D eigenvalue weighted by atomic mass is 9.84. The molecule has 1 heterocycles. The van der Waals surface area contributed by atoms with Crippen LogP contribution in [0.1, 0.15) is 85.1 Å². The summed E-state index contributed by atoms with van der Waals surface area (Å²) in [5.74, 6) is 0.412. The maximum absolute atomic E-state index is 14.6. The molecule has 0 fully saturated rings. The molecule has 0 saturated heterocycles. The van der Waals surface area contributed by atoms with Crippen LogP contribution in [0.4, 0.5) is 10.2 Å². The van der Waals surface area contributed by atoms with E-state index in [-0.39, 0.29) is 11.2 Å². The van der Waals surface area contributed by atoms with Gasteiger partial charge in [-0.05, 0) is 56.4 Å². The maximum atomic E-state index is 14.6. The van der Waals surface area contributed by atoms with Crippen LogP contribution in [0.25, 0.3) is 5.57 Å². The molecule has 0 saturated carbocycles. The number of halogens is 1. The van der Waals surface area contributed by atoms with Crippen LogP contribution in [0.3, 0.4) is 0 Å². The van der Waals surface area contributed by atoms with Crippen molar-refractivity contribution in [3.63, 3.8) is 0 Å². The first kappa shape index (κ1) is 28.8. The number of unbranched alkanes of at least 4 members (excludes halogenated alkanes) is 1. The Labute approximate surface area is 201 Å². The van der Waals surface area contributed by atoms with E-state index in [1.54, 1.807) is 13.3 Å². The van der Waals surface area contributed by atoms with Gasteiger partial charge in [-0.15, -0.1) is 0 Å². The van der Waals surface area contributed by atoms with Crippen molar-refractivity contribution in [1.82, 2.24) is 10.3 Å². The van der Waals surface area contributed by atoms with Gasteiger partial charge in [-0.2, -0.15) is 0 Å². The molecule has 0 aromatic carbocycles. The molecule has 0 amide bonds. The molecule has 6 heteroatoms.